The highest BCUT2D eigenvalue weighted by Gasteiger charge is 2.17. The van der Waals surface area contributed by atoms with E-state index < -0.39 is 0 Å². The second kappa shape index (κ2) is 7.07. The van der Waals surface area contributed by atoms with Gasteiger partial charge in [-0.2, -0.15) is 0 Å². The molecule has 1 aromatic rings. The van der Waals surface area contributed by atoms with Gasteiger partial charge in [0.05, 0.1) is 0 Å². The summed E-state index contributed by atoms with van der Waals surface area (Å²) in [6.45, 7) is 8.05. The molecule has 1 aliphatic heterocycles. The highest BCUT2D eigenvalue weighted by Crippen LogP contribution is 2.26. The van der Waals surface area contributed by atoms with Crippen molar-refractivity contribution in [1.82, 2.24) is 10.2 Å². The summed E-state index contributed by atoms with van der Waals surface area (Å²) in [5.41, 5.74) is 1.16. The molecule has 1 heterocycles. The molecule has 2 nitrogen and oxygen atoms in total. The van der Waals surface area contributed by atoms with E-state index in [1.54, 1.807) is 0 Å². The Balaban J connectivity index is 1.90. The molecule has 1 saturated heterocycles. The van der Waals surface area contributed by atoms with Crippen molar-refractivity contribution >= 4 is 27.5 Å². The molecule has 2 unspecified atom stereocenters. The van der Waals surface area contributed by atoms with Gasteiger partial charge in [0.15, 0.2) is 0 Å². The molecule has 2 rings (SSSR count). The van der Waals surface area contributed by atoms with E-state index in [9.17, 15) is 0 Å². The molecule has 0 spiro atoms. The lowest BCUT2D eigenvalue weighted by atomic mass is 10.1. The third kappa shape index (κ3) is 4.45. The minimum absolute atomic E-state index is 0.276. The minimum Gasteiger partial charge on any atom is -0.306 e. The third-order valence-electron chi connectivity index (χ3n) is 3.69. The molecule has 2 atom stereocenters. The van der Waals surface area contributed by atoms with Crippen molar-refractivity contribution in [3.8, 4) is 0 Å². The first kappa shape index (κ1) is 15.3. The molecule has 0 bridgehead atoms. The molecule has 1 fully saturated rings. The molecule has 0 aromatic heterocycles. The highest BCUT2D eigenvalue weighted by molar-refractivity contribution is 9.10. The number of benzene rings is 1. The summed E-state index contributed by atoms with van der Waals surface area (Å²) in [4.78, 5) is 2.54. The zero-order valence-corrected chi connectivity index (χ0v) is 14.0. The fourth-order valence-electron chi connectivity index (χ4n) is 2.77. The number of likely N-dealkylation sites (tertiary alicyclic amines) is 1. The summed E-state index contributed by atoms with van der Waals surface area (Å²) in [6, 6.07) is 6.85. The quantitative estimate of drug-likeness (QED) is 0.859. The lowest BCUT2D eigenvalue weighted by molar-refractivity contribution is 0.289. The topological polar surface area (TPSA) is 15.3 Å². The molecule has 1 N–H and O–H groups in total. The second-order valence-electron chi connectivity index (χ2n) is 5.46. The van der Waals surface area contributed by atoms with Crippen molar-refractivity contribution in [2.45, 2.75) is 38.8 Å². The van der Waals surface area contributed by atoms with Crippen LogP contribution < -0.4 is 5.32 Å². The van der Waals surface area contributed by atoms with Gasteiger partial charge in [0.2, 0.25) is 0 Å². The van der Waals surface area contributed by atoms with Gasteiger partial charge in [0.25, 0.3) is 0 Å². The van der Waals surface area contributed by atoms with Gasteiger partial charge in [0.1, 0.15) is 0 Å². The maximum absolute atomic E-state index is 6.30. The summed E-state index contributed by atoms with van der Waals surface area (Å²) < 4.78 is 1.03. The lowest BCUT2D eigenvalue weighted by Gasteiger charge is -2.25. The fourth-order valence-corrected chi connectivity index (χ4v) is 3.61. The molecule has 0 aliphatic carbocycles. The average molecular weight is 346 g/mol. The molecular formula is C15H22BrClN2. The van der Waals surface area contributed by atoms with Gasteiger partial charge in [-0.15, -0.1) is 0 Å². The Morgan fingerprint density at radius 1 is 1.32 bits per heavy atom. The van der Waals surface area contributed by atoms with Crippen molar-refractivity contribution in [1.29, 1.82) is 0 Å². The van der Waals surface area contributed by atoms with Gasteiger partial charge in [-0.1, -0.05) is 33.6 Å². The summed E-state index contributed by atoms with van der Waals surface area (Å²) >= 11 is 9.74. The van der Waals surface area contributed by atoms with Crippen LogP contribution in [0.1, 0.15) is 38.3 Å². The van der Waals surface area contributed by atoms with E-state index in [1.807, 2.05) is 12.1 Å². The fraction of sp³-hybridized carbons (Fsp3) is 0.600. The third-order valence-corrected chi connectivity index (χ3v) is 4.51. The maximum atomic E-state index is 6.30. The number of halogens is 2. The van der Waals surface area contributed by atoms with E-state index in [4.69, 9.17) is 11.6 Å². The van der Waals surface area contributed by atoms with Gasteiger partial charge in [-0.25, -0.2) is 0 Å². The number of hydrogen-bond donors (Lipinski definition) is 1. The molecule has 1 aromatic carbocycles. The smallest absolute Gasteiger partial charge is 0.0464 e. The predicted molar refractivity (Wildman–Crippen MR) is 85.8 cm³/mol. The van der Waals surface area contributed by atoms with Gasteiger partial charge in [-0.05, 0) is 57.5 Å². The van der Waals surface area contributed by atoms with E-state index >= 15 is 0 Å². The first-order valence-corrected chi connectivity index (χ1v) is 8.16. The van der Waals surface area contributed by atoms with E-state index in [-0.39, 0.29) is 6.04 Å². The largest absolute Gasteiger partial charge is 0.306 e. The van der Waals surface area contributed by atoms with Crippen molar-refractivity contribution in [2.24, 2.45) is 0 Å². The molecule has 0 saturated carbocycles. The summed E-state index contributed by atoms with van der Waals surface area (Å²) in [5.74, 6) is 0. The number of rotatable bonds is 5. The molecule has 0 radical (unpaired) electrons. The van der Waals surface area contributed by atoms with Crippen molar-refractivity contribution in [3.05, 3.63) is 33.3 Å². The number of nitrogens with zero attached hydrogens (tertiary/aromatic N) is 1. The second-order valence-corrected chi connectivity index (χ2v) is 6.79. The van der Waals surface area contributed by atoms with Crippen LogP contribution in [0.25, 0.3) is 0 Å². The van der Waals surface area contributed by atoms with Gasteiger partial charge in [-0.3, -0.25) is 0 Å². The molecule has 106 valence electrons. The molecular weight excluding hydrogens is 324 g/mol. The zero-order chi connectivity index (χ0) is 13.8. The Bertz CT molecular complexity index is 419. The molecule has 19 heavy (non-hydrogen) atoms. The number of hydrogen-bond acceptors (Lipinski definition) is 2. The Morgan fingerprint density at radius 2 is 2.00 bits per heavy atom. The van der Waals surface area contributed by atoms with E-state index in [2.05, 4.69) is 46.1 Å². The Kier molecular flexibility index (Phi) is 5.70. The van der Waals surface area contributed by atoms with Crippen LogP contribution in [0.5, 0.6) is 0 Å². The summed E-state index contributed by atoms with van der Waals surface area (Å²) in [7, 11) is 0. The Morgan fingerprint density at radius 3 is 2.63 bits per heavy atom. The normalized spacial score (nSPS) is 19.6. The SMILES string of the molecule is CC(CN1CCCC1)NC(C)c1ccc(Br)cc1Cl. The Hall–Kier alpha value is -0.0900. The monoisotopic (exact) mass is 344 g/mol. The molecule has 0 amide bonds. The van der Waals surface area contributed by atoms with Crippen LogP contribution in [-0.2, 0) is 0 Å². The van der Waals surface area contributed by atoms with Crippen molar-refractivity contribution in [2.75, 3.05) is 19.6 Å². The first-order chi connectivity index (χ1) is 9.06. The van der Waals surface area contributed by atoms with E-state index in [0.717, 1.165) is 21.6 Å². The Labute approximate surface area is 129 Å². The van der Waals surface area contributed by atoms with Gasteiger partial charge < -0.3 is 10.2 Å². The van der Waals surface area contributed by atoms with Crippen LogP contribution in [0.15, 0.2) is 22.7 Å². The van der Waals surface area contributed by atoms with E-state index in [0.29, 0.717) is 6.04 Å². The average Bonchev–Trinajstić information content (AvgIpc) is 2.81. The van der Waals surface area contributed by atoms with Crippen molar-refractivity contribution < 1.29 is 0 Å². The summed E-state index contributed by atoms with van der Waals surface area (Å²) in [6.07, 6.45) is 2.70. The standard InChI is InChI=1S/C15H22BrClN2/c1-11(10-19-7-3-4-8-19)18-12(2)14-6-5-13(16)9-15(14)17/h5-6,9,11-12,18H,3-4,7-8,10H2,1-2H3. The highest BCUT2D eigenvalue weighted by atomic mass is 79.9. The van der Waals surface area contributed by atoms with Crippen LogP contribution in [0, 0.1) is 0 Å². The summed E-state index contributed by atoms with van der Waals surface area (Å²) in [5, 5.41) is 4.46. The van der Waals surface area contributed by atoms with Gasteiger partial charge >= 0.3 is 0 Å². The first-order valence-electron chi connectivity index (χ1n) is 6.99. The molecule has 4 heteroatoms. The van der Waals surface area contributed by atoms with Crippen LogP contribution in [0.2, 0.25) is 5.02 Å². The van der Waals surface area contributed by atoms with Crippen molar-refractivity contribution in [3.63, 3.8) is 0 Å². The van der Waals surface area contributed by atoms with E-state index in [1.165, 1.54) is 25.9 Å². The van der Waals surface area contributed by atoms with Crippen LogP contribution >= 0.6 is 27.5 Å². The van der Waals surface area contributed by atoms with Crippen LogP contribution in [-0.4, -0.2) is 30.6 Å². The van der Waals surface area contributed by atoms with Gasteiger partial charge in [0, 0.05) is 28.1 Å². The molecule has 1 aliphatic rings. The lowest BCUT2D eigenvalue weighted by Crippen LogP contribution is -2.39. The van der Waals surface area contributed by atoms with Crippen LogP contribution in [0.3, 0.4) is 0 Å². The maximum Gasteiger partial charge on any atom is 0.0464 e. The number of nitrogens with one attached hydrogen (secondary N) is 1. The minimum atomic E-state index is 0.276. The zero-order valence-electron chi connectivity index (χ0n) is 11.6. The predicted octanol–water partition coefficient (Wildman–Crippen LogP) is 4.24. The van der Waals surface area contributed by atoms with Crippen LogP contribution in [0.4, 0.5) is 0 Å².